The number of aryl methyl sites for hydroxylation is 1. The van der Waals surface area contributed by atoms with Crippen molar-refractivity contribution >= 4 is 23.3 Å². The Hall–Kier alpha value is -2.40. The summed E-state index contributed by atoms with van der Waals surface area (Å²) in [6.45, 7) is 2.41. The van der Waals surface area contributed by atoms with Crippen LogP contribution in [0.15, 0.2) is 36.4 Å². The maximum absolute atomic E-state index is 12.0. The third kappa shape index (κ3) is 4.80. The van der Waals surface area contributed by atoms with Crippen LogP contribution >= 0.6 is 11.6 Å². The third-order valence-corrected chi connectivity index (χ3v) is 3.83. The number of halogens is 1. The maximum atomic E-state index is 12.0. The summed E-state index contributed by atoms with van der Waals surface area (Å²) >= 11 is 5.94. The van der Waals surface area contributed by atoms with Crippen molar-refractivity contribution in [3.63, 3.8) is 0 Å². The van der Waals surface area contributed by atoms with E-state index in [9.17, 15) is 4.79 Å². The molecule has 2 aromatic rings. The molecule has 0 aliphatic heterocycles. The minimum atomic E-state index is -0.263. The minimum Gasteiger partial charge on any atom is -0.493 e. The van der Waals surface area contributed by atoms with Gasteiger partial charge in [-0.2, -0.15) is 0 Å². The van der Waals surface area contributed by atoms with Crippen molar-refractivity contribution < 1.29 is 14.3 Å². The van der Waals surface area contributed by atoms with Crippen LogP contribution in [0.25, 0.3) is 0 Å². The molecule has 24 heavy (non-hydrogen) atoms. The zero-order valence-electron chi connectivity index (χ0n) is 14.0. The molecule has 128 valence electrons. The quantitative estimate of drug-likeness (QED) is 0.828. The van der Waals surface area contributed by atoms with E-state index in [1.54, 1.807) is 26.4 Å². The van der Waals surface area contributed by atoms with Crippen molar-refractivity contribution in [2.24, 2.45) is 0 Å². The number of anilines is 1. The molecule has 0 bridgehead atoms. The normalized spacial score (nSPS) is 10.2. The summed E-state index contributed by atoms with van der Waals surface area (Å²) in [5.41, 5.74) is 2.70. The average Bonchev–Trinajstić information content (AvgIpc) is 2.58. The van der Waals surface area contributed by atoms with Gasteiger partial charge in [0.05, 0.1) is 14.2 Å². The second-order valence-electron chi connectivity index (χ2n) is 5.28. The van der Waals surface area contributed by atoms with Crippen LogP contribution in [0.1, 0.15) is 11.1 Å². The van der Waals surface area contributed by atoms with Gasteiger partial charge < -0.3 is 20.1 Å². The first-order valence-corrected chi connectivity index (χ1v) is 7.93. The molecule has 0 radical (unpaired) electrons. The van der Waals surface area contributed by atoms with E-state index in [0.29, 0.717) is 35.2 Å². The predicted molar refractivity (Wildman–Crippen MR) is 96.5 cm³/mol. The zero-order chi connectivity index (χ0) is 17.5. The lowest BCUT2D eigenvalue weighted by atomic mass is 10.1. The van der Waals surface area contributed by atoms with E-state index in [-0.39, 0.29) is 6.03 Å². The fraction of sp³-hybridized carbons (Fsp3) is 0.278. The number of carbonyl (C=O) groups excluding carboxylic acids is 1. The molecule has 0 spiro atoms. The Morgan fingerprint density at radius 3 is 2.54 bits per heavy atom. The largest absolute Gasteiger partial charge is 0.493 e. The molecule has 2 rings (SSSR count). The third-order valence-electron chi connectivity index (χ3n) is 3.60. The zero-order valence-corrected chi connectivity index (χ0v) is 14.7. The van der Waals surface area contributed by atoms with Crippen LogP contribution in [0.4, 0.5) is 10.5 Å². The van der Waals surface area contributed by atoms with Gasteiger partial charge in [-0.1, -0.05) is 23.7 Å². The molecule has 0 unspecified atom stereocenters. The molecule has 0 aromatic heterocycles. The highest BCUT2D eigenvalue weighted by atomic mass is 35.5. The molecule has 0 aliphatic rings. The summed E-state index contributed by atoms with van der Waals surface area (Å²) in [5, 5.41) is 6.21. The van der Waals surface area contributed by atoms with E-state index in [1.807, 2.05) is 31.2 Å². The summed E-state index contributed by atoms with van der Waals surface area (Å²) in [4.78, 5) is 12.0. The highest BCUT2D eigenvalue weighted by Crippen LogP contribution is 2.27. The summed E-state index contributed by atoms with van der Waals surface area (Å²) in [6, 6.07) is 10.8. The number of methoxy groups -OCH3 is 2. The Kier molecular flexibility index (Phi) is 6.32. The summed E-state index contributed by atoms with van der Waals surface area (Å²) < 4.78 is 10.5. The first-order chi connectivity index (χ1) is 11.5. The smallest absolute Gasteiger partial charge is 0.319 e. The van der Waals surface area contributed by atoms with Crippen molar-refractivity contribution in [1.29, 1.82) is 0 Å². The average molecular weight is 349 g/mol. The van der Waals surface area contributed by atoms with Crippen LogP contribution in [-0.4, -0.2) is 26.8 Å². The van der Waals surface area contributed by atoms with Crippen LogP contribution in [-0.2, 0) is 6.42 Å². The van der Waals surface area contributed by atoms with Crippen LogP contribution < -0.4 is 20.1 Å². The van der Waals surface area contributed by atoms with Gasteiger partial charge in [0.1, 0.15) is 0 Å². The molecular formula is C18H21ClN2O3. The molecule has 2 aromatic carbocycles. The van der Waals surface area contributed by atoms with Gasteiger partial charge in [0.25, 0.3) is 0 Å². The van der Waals surface area contributed by atoms with Crippen molar-refractivity contribution in [2.75, 3.05) is 26.1 Å². The van der Waals surface area contributed by atoms with Gasteiger partial charge in [-0.3, -0.25) is 0 Å². The van der Waals surface area contributed by atoms with E-state index in [4.69, 9.17) is 21.1 Å². The van der Waals surface area contributed by atoms with Crippen molar-refractivity contribution in [2.45, 2.75) is 13.3 Å². The van der Waals surface area contributed by atoms with Crippen LogP contribution in [0, 0.1) is 6.92 Å². The van der Waals surface area contributed by atoms with Gasteiger partial charge in [-0.25, -0.2) is 4.79 Å². The standard InChI is InChI=1S/C18H21ClN2O3/c1-12-4-6-14(19)11-15(12)21-18(22)20-9-8-13-5-7-16(23-2)17(10-13)24-3/h4-7,10-11H,8-9H2,1-3H3,(H2,20,21,22). The number of urea groups is 1. The fourth-order valence-electron chi connectivity index (χ4n) is 2.25. The molecule has 6 heteroatoms. The Labute approximate surface area is 146 Å². The van der Waals surface area contributed by atoms with E-state index in [1.165, 1.54) is 0 Å². The second kappa shape index (κ2) is 8.45. The summed E-state index contributed by atoms with van der Waals surface area (Å²) in [6.07, 6.45) is 0.683. The van der Waals surface area contributed by atoms with Crippen molar-refractivity contribution in [1.82, 2.24) is 5.32 Å². The molecule has 2 amide bonds. The van der Waals surface area contributed by atoms with E-state index >= 15 is 0 Å². The first kappa shape index (κ1) is 17.9. The Balaban J connectivity index is 1.87. The lowest BCUT2D eigenvalue weighted by Gasteiger charge is -2.11. The van der Waals surface area contributed by atoms with Gasteiger partial charge in [0.2, 0.25) is 0 Å². The Bertz CT molecular complexity index is 719. The maximum Gasteiger partial charge on any atom is 0.319 e. The van der Waals surface area contributed by atoms with E-state index in [0.717, 1.165) is 11.1 Å². The number of amides is 2. The molecule has 0 aliphatic carbocycles. The summed E-state index contributed by atoms with van der Waals surface area (Å²) in [5.74, 6) is 1.36. The van der Waals surface area contributed by atoms with Crippen LogP contribution in [0.5, 0.6) is 11.5 Å². The van der Waals surface area contributed by atoms with Gasteiger partial charge in [0.15, 0.2) is 11.5 Å². The number of rotatable bonds is 6. The molecular weight excluding hydrogens is 328 g/mol. The molecule has 0 atom stereocenters. The highest BCUT2D eigenvalue weighted by molar-refractivity contribution is 6.31. The van der Waals surface area contributed by atoms with Gasteiger partial charge >= 0.3 is 6.03 Å². The van der Waals surface area contributed by atoms with E-state index < -0.39 is 0 Å². The number of ether oxygens (including phenoxy) is 2. The lowest BCUT2D eigenvalue weighted by molar-refractivity contribution is 0.252. The highest BCUT2D eigenvalue weighted by Gasteiger charge is 2.07. The monoisotopic (exact) mass is 348 g/mol. The molecule has 0 saturated carbocycles. The number of hydrogen-bond donors (Lipinski definition) is 2. The van der Waals surface area contributed by atoms with Crippen molar-refractivity contribution in [3.05, 3.63) is 52.5 Å². The number of nitrogens with one attached hydrogen (secondary N) is 2. The van der Waals surface area contributed by atoms with Crippen LogP contribution in [0.3, 0.4) is 0 Å². The molecule has 0 saturated heterocycles. The summed E-state index contributed by atoms with van der Waals surface area (Å²) in [7, 11) is 3.20. The number of carbonyl (C=O) groups is 1. The number of hydrogen-bond acceptors (Lipinski definition) is 3. The minimum absolute atomic E-state index is 0.263. The predicted octanol–water partition coefficient (Wildman–Crippen LogP) is 4.03. The Morgan fingerprint density at radius 1 is 1.08 bits per heavy atom. The first-order valence-electron chi connectivity index (χ1n) is 7.55. The fourth-order valence-corrected chi connectivity index (χ4v) is 2.42. The Morgan fingerprint density at radius 2 is 1.83 bits per heavy atom. The van der Waals surface area contributed by atoms with Gasteiger partial charge in [-0.05, 0) is 48.7 Å². The van der Waals surface area contributed by atoms with Crippen LogP contribution in [0.2, 0.25) is 5.02 Å². The molecule has 2 N–H and O–H groups in total. The second-order valence-corrected chi connectivity index (χ2v) is 5.72. The van der Waals surface area contributed by atoms with Gasteiger partial charge in [0, 0.05) is 17.3 Å². The lowest BCUT2D eigenvalue weighted by Crippen LogP contribution is -2.30. The molecule has 0 heterocycles. The molecule has 0 fully saturated rings. The SMILES string of the molecule is COc1ccc(CCNC(=O)Nc2cc(Cl)ccc2C)cc1OC. The topological polar surface area (TPSA) is 59.6 Å². The number of benzene rings is 2. The van der Waals surface area contributed by atoms with Crippen molar-refractivity contribution in [3.8, 4) is 11.5 Å². The molecule has 5 nitrogen and oxygen atoms in total. The van der Waals surface area contributed by atoms with E-state index in [2.05, 4.69) is 10.6 Å². The van der Waals surface area contributed by atoms with Gasteiger partial charge in [-0.15, -0.1) is 0 Å².